The van der Waals surface area contributed by atoms with E-state index < -0.39 is 5.92 Å². The van der Waals surface area contributed by atoms with Crippen molar-refractivity contribution in [1.82, 2.24) is 0 Å². The van der Waals surface area contributed by atoms with Crippen LogP contribution in [0.4, 0.5) is 0 Å². The van der Waals surface area contributed by atoms with Crippen LogP contribution in [0.25, 0.3) is 0 Å². The summed E-state index contributed by atoms with van der Waals surface area (Å²) in [6, 6.07) is 3.86. The molecule has 0 aromatic heterocycles. The molecule has 1 aliphatic heterocycles. The summed E-state index contributed by atoms with van der Waals surface area (Å²) < 4.78 is 18.5. The van der Waals surface area contributed by atoms with Crippen LogP contribution < -0.4 is 9.47 Å². The Kier molecular flexibility index (Phi) is 5.81. The first-order valence-corrected chi connectivity index (χ1v) is 11.1. The molecule has 1 aromatic rings. The molecule has 154 valence electrons. The van der Waals surface area contributed by atoms with E-state index in [1.165, 1.54) is 0 Å². The highest BCUT2D eigenvalue weighted by Crippen LogP contribution is 2.50. The van der Waals surface area contributed by atoms with Crippen molar-refractivity contribution in [3.05, 3.63) is 44.8 Å². The van der Waals surface area contributed by atoms with Crippen molar-refractivity contribution in [1.29, 1.82) is 0 Å². The van der Waals surface area contributed by atoms with Crippen LogP contribution in [0.15, 0.2) is 39.3 Å². The third-order valence-electron chi connectivity index (χ3n) is 5.59. The van der Waals surface area contributed by atoms with E-state index in [-0.39, 0.29) is 11.6 Å². The molecule has 0 spiro atoms. The topological polar surface area (TPSA) is 61.8 Å². The molecule has 4 rings (SSSR count). The highest BCUT2D eigenvalue weighted by molar-refractivity contribution is 9.10. The summed E-state index contributed by atoms with van der Waals surface area (Å²) in [5.41, 5.74) is 2.14. The number of Topliss-reactive ketones (excluding diaryl/α,β-unsaturated/α-hetero) is 2. The molecule has 0 fully saturated rings. The number of ether oxygens (including phenoxy) is 3. The van der Waals surface area contributed by atoms with Gasteiger partial charge in [-0.1, -0.05) is 0 Å². The maximum Gasteiger partial charge on any atom is 0.175 e. The molecule has 6 heteroatoms. The molecule has 1 aromatic carbocycles. The fourth-order valence-corrected chi connectivity index (χ4v) is 5.03. The van der Waals surface area contributed by atoms with Gasteiger partial charge in [-0.05, 0) is 60.3 Å². The Morgan fingerprint density at radius 2 is 1.52 bits per heavy atom. The zero-order valence-corrected chi connectivity index (χ0v) is 18.4. The first kappa shape index (κ1) is 20.2. The van der Waals surface area contributed by atoms with Crippen LogP contribution in [0.5, 0.6) is 11.5 Å². The van der Waals surface area contributed by atoms with Crippen LogP contribution in [-0.2, 0) is 14.3 Å². The van der Waals surface area contributed by atoms with Gasteiger partial charge in [-0.2, -0.15) is 0 Å². The summed E-state index contributed by atoms with van der Waals surface area (Å²) in [5.74, 6) is 2.47. The number of allylic oxidation sites excluding steroid dienone is 4. The van der Waals surface area contributed by atoms with E-state index in [4.69, 9.17) is 14.2 Å². The maximum absolute atomic E-state index is 12.9. The largest absolute Gasteiger partial charge is 0.490 e. The average Bonchev–Trinajstić information content (AvgIpc) is 2.69. The Labute approximate surface area is 179 Å². The fourth-order valence-electron chi connectivity index (χ4n) is 4.45. The summed E-state index contributed by atoms with van der Waals surface area (Å²) in [7, 11) is 0. The first-order chi connectivity index (χ1) is 14.0. The molecular formula is C23H25BrO5. The van der Waals surface area contributed by atoms with E-state index in [9.17, 15) is 9.59 Å². The maximum atomic E-state index is 12.9. The van der Waals surface area contributed by atoms with E-state index in [0.717, 1.165) is 47.2 Å². The third-order valence-corrected chi connectivity index (χ3v) is 6.18. The lowest BCUT2D eigenvalue weighted by Gasteiger charge is -2.36. The van der Waals surface area contributed by atoms with Crippen LogP contribution in [0.1, 0.15) is 63.9 Å². The quantitative estimate of drug-likeness (QED) is 0.590. The van der Waals surface area contributed by atoms with Gasteiger partial charge in [-0.25, -0.2) is 0 Å². The van der Waals surface area contributed by atoms with E-state index in [1.807, 2.05) is 26.0 Å². The number of hydrogen-bond donors (Lipinski definition) is 0. The molecule has 5 nitrogen and oxygen atoms in total. The molecule has 0 saturated heterocycles. The molecule has 3 aliphatic rings. The smallest absolute Gasteiger partial charge is 0.175 e. The van der Waals surface area contributed by atoms with E-state index in [1.54, 1.807) is 0 Å². The van der Waals surface area contributed by atoms with Crippen molar-refractivity contribution >= 4 is 27.5 Å². The zero-order chi connectivity index (χ0) is 20.5. The molecule has 0 N–H and O–H groups in total. The summed E-state index contributed by atoms with van der Waals surface area (Å²) in [5, 5.41) is 0. The third kappa shape index (κ3) is 3.63. The van der Waals surface area contributed by atoms with Gasteiger partial charge >= 0.3 is 0 Å². The summed E-state index contributed by atoms with van der Waals surface area (Å²) in [6.45, 7) is 4.84. The number of rotatable bonds is 5. The molecule has 2 aliphatic carbocycles. The van der Waals surface area contributed by atoms with Gasteiger partial charge < -0.3 is 14.2 Å². The normalized spacial score (nSPS) is 19.7. The SMILES string of the molecule is CCOc1cc(C2C3=C(CCCC3=O)OC3=C2C(=O)CCC3)cc(Br)c1OCC. The zero-order valence-electron chi connectivity index (χ0n) is 16.8. The van der Waals surface area contributed by atoms with Crippen molar-refractivity contribution in [3.63, 3.8) is 0 Å². The van der Waals surface area contributed by atoms with Gasteiger partial charge in [0.25, 0.3) is 0 Å². The predicted molar refractivity (Wildman–Crippen MR) is 112 cm³/mol. The Hall–Kier alpha value is -2.08. The first-order valence-electron chi connectivity index (χ1n) is 10.3. The Morgan fingerprint density at radius 1 is 0.931 bits per heavy atom. The minimum atomic E-state index is -0.402. The summed E-state index contributed by atoms with van der Waals surface area (Å²) in [6.07, 6.45) is 4.03. The highest BCUT2D eigenvalue weighted by Gasteiger charge is 2.42. The average molecular weight is 461 g/mol. The summed E-state index contributed by atoms with van der Waals surface area (Å²) >= 11 is 3.60. The van der Waals surface area contributed by atoms with Gasteiger partial charge in [0.1, 0.15) is 11.5 Å². The molecule has 0 atom stereocenters. The molecular weight excluding hydrogens is 436 g/mol. The number of hydrogen-bond acceptors (Lipinski definition) is 5. The molecule has 1 heterocycles. The molecule has 29 heavy (non-hydrogen) atoms. The van der Waals surface area contributed by atoms with E-state index in [0.29, 0.717) is 48.7 Å². The van der Waals surface area contributed by atoms with Gasteiger partial charge in [0.2, 0.25) is 0 Å². The van der Waals surface area contributed by atoms with Gasteiger partial charge in [0, 0.05) is 42.7 Å². The molecule has 0 amide bonds. The molecule has 0 saturated carbocycles. The Balaban J connectivity index is 1.90. The van der Waals surface area contributed by atoms with Gasteiger partial charge in [0.15, 0.2) is 23.1 Å². The van der Waals surface area contributed by atoms with Crippen LogP contribution >= 0.6 is 15.9 Å². The molecule has 0 bridgehead atoms. The van der Waals surface area contributed by atoms with Crippen LogP contribution in [-0.4, -0.2) is 24.8 Å². The second kappa shape index (κ2) is 8.34. The van der Waals surface area contributed by atoms with Crippen LogP contribution in [0.3, 0.4) is 0 Å². The van der Waals surface area contributed by atoms with Crippen molar-refractivity contribution in [2.24, 2.45) is 0 Å². The number of ketones is 2. The van der Waals surface area contributed by atoms with Crippen molar-refractivity contribution in [2.45, 2.75) is 58.3 Å². The fraction of sp³-hybridized carbons (Fsp3) is 0.478. The standard InChI is InChI=1S/C23H25BrO5/c1-3-27-19-12-13(11-14(24)23(19)28-4-2)20-21-15(25)7-5-9-17(21)29-18-10-6-8-16(26)22(18)20/h11-12,20H,3-10H2,1-2H3. The van der Waals surface area contributed by atoms with Crippen molar-refractivity contribution in [3.8, 4) is 11.5 Å². The summed E-state index contributed by atoms with van der Waals surface area (Å²) in [4.78, 5) is 25.8. The van der Waals surface area contributed by atoms with Crippen molar-refractivity contribution in [2.75, 3.05) is 13.2 Å². The lowest BCUT2D eigenvalue weighted by Crippen LogP contribution is -2.30. The van der Waals surface area contributed by atoms with Crippen LogP contribution in [0, 0.1) is 0 Å². The number of carbonyl (C=O) groups is 2. The van der Waals surface area contributed by atoms with Crippen molar-refractivity contribution < 1.29 is 23.8 Å². The highest BCUT2D eigenvalue weighted by atomic mass is 79.9. The monoisotopic (exact) mass is 460 g/mol. The van der Waals surface area contributed by atoms with Gasteiger partial charge in [-0.3, -0.25) is 9.59 Å². The Bertz CT molecular complexity index is 885. The minimum absolute atomic E-state index is 0.0733. The number of carbonyl (C=O) groups excluding carboxylic acids is 2. The second-order valence-corrected chi connectivity index (χ2v) is 8.31. The number of benzene rings is 1. The lowest BCUT2D eigenvalue weighted by molar-refractivity contribution is -0.117. The van der Waals surface area contributed by atoms with E-state index >= 15 is 0 Å². The van der Waals surface area contributed by atoms with Gasteiger partial charge in [-0.15, -0.1) is 0 Å². The second-order valence-electron chi connectivity index (χ2n) is 7.46. The van der Waals surface area contributed by atoms with E-state index in [2.05, 4.69) is 15.9 Å². The minimum Gasteiger partial charge on any atom is -0.490 e. The lowest BCUT2D eigenvalue weighted by atomic mass is 9.73. The predicted octanol–water partition coefficient (Wildman–Crippen LogP) is 5.37. The number of halogens is 1. The molecule has 0 unspecified atom stereocenters. The van der Waals surface area contributed by atoms with Gasteiger partial charge in [0.05, 0.1) is 17.7 Å². The Morgan fingerprint density at radius 3 is 2.07 bits per heavy atom. The van der Waals surface area contributed by atoms with Crippen LogP contribution in [0.2, 0.25) is 0 Å². The molecule has 0 radical (unpaired) electrons.